The van der Waals surface area contributed by atoms with E-state index < -0.39 is 0 Å². The Hall–Kier alpha value is -2.82. The van der Waals surface area contributed by atoms with Crippen LogP contribution in [0.1, 0.15) is 23.1 Å². The lowest BCUT2D eigenvalue weighted by Gasteiger charge is -2.06. The largest absolute Gasteiger partial charge is 0.497 e. The third kappa shape index (κ3) is 2.79. The summed E-state index contributed by atoms with van der Waals surface area (Å²) < 4.78 is 5.09. The molecule has 112 valence electrons. The lowest BCUT2D eigenvalue weighted by Crippen LogP contribution is -2.11. The number of imidazole rings is 1. The van der Waals surface area contributed by atoms with E-state index in [0.29, 0.717) is 5.56 Å². The van der Waals surface area contributed by atoms with Crippen LogP contribution < -0.4 is 10.1 Å². The first-order valence-electron chi connectivity index (χ1n) is 7.13. The summed E-state index contributed by atoms with van der Waals surface area (Å²) in [6, 6.07) is 12.6. The van der Waals surface area contributed by atoms with E-state index in [2.05, 4.69) is 15.3 Å². The Bertz CT molecular complexity index is 806. The van der Waals surface area contributed by atoms with E-state index in [1.807, 2.05) is 25.1 Å². The molecule has 0 radical (unpaired) electrons. The average Bonchev–Trinajstić information content (AvgIpc) is 2.97. The minimum absolute atomic E-state index is 0.155. The van der Waals surface area contributed by atoms with Gasteiger partial charge in [0.05, 0.1) is 18.1 Å². The van der Waals surface area contributed by atoms with Crippen LogP contribution in [0.2, 0.25) is 0 Å². The number of nitrogens with one attached hydrogen (secondary N) is 2. The number of aromatic amines is 1. The number of rotatable bonds is 4. The summed E-state index contributed by atoms with van der Waals surface area (Å²) in [5, 5.41) is 2.89. The molecule has 0 bridgehead atoms. The fraction of sp³-hybridized carbons (Fsp3) is 0.176. The number of anilines is 1. The maximum Gasteiger partial charge on any atom is 0.255 e. The molecular formula is C17H17N3O2. The second-order valence-electron chi connectivity index (χ2n) is 4.95. The summed E-state index contributed by atoms with van der Waals surface area (Å²) in [7, 11) is 1.60. The molecule has 0 unspecified atom stereocenters. The number of carbonyl (C=O) groups excluding carboxylic acids is 1. The van der Waals surface area contributed by atoms with Gasteiger partial charge in [-0.1, -0.05) is 6.92 Å². The minimum atomic E-state index is -0.155. The van der Waals surface area contributed by atoms with Crippen LogP contribution in [0.5, 0.6) is 5.75 Å². The van der Waals surface area contributed by atoms with Gasteiger partial charge in [-0.05, 0) is 42.5 Å². The van der Waals surface area contributed by atoms with Gasteiger partial charge in [0.15, 0.2) is 0 Å². The normalized spacial score (nSPS) is 10.6. The topological polar surface area (TPSA) is 67.0 Å². The molecule has 1 heterocycles. The van der Waals surface area contributed by atoms with E-state index in [4.69, 9.17) is 4.74 Å². The van der Waals surface area contributed by atoms with Crippen LogP contribution in [0.3, 0.4) is 0 Å². The zero-order chi connectivity index (χ0) is 15.5. The highest BCUT2D eigenvalue weighted by Gasteiger charge is 2.08. The van der Waals surface area contributed by atoms with Crippen molar-refractivity contribution in [2.24, 2.45) is 0 Å². The fourth-order valence-electron chi connectivity index (χ4n) is 2.25. The van der Waals surface area contributed by atoms with Crippen molar-refractivity contribution >= 4 is 22.6 Å². The number of hydrogen-bond donors (Lipinski definition) is 2. The Morgan fingerprint density at radius 1 is 1.23 bits per heavy atom. The highest BCUT2D eigenvalue weighted by atomic mass is 16.5. The van der Waals surface area contributed by atoms with Crippen LogP contribution in [-0.4, -0.2) is 23.0 Å². The number of nitrogens with zero attached hydrogens (tertiary/aromatic N) is 1. The SMILES string of the molecule is CCc1nc2ccc(NC(=O)c3ccc(OC)cc3)cc2[nH]1. The Kier molecular flexibility index (Phi) is 3.78. The maximum absolute atomic E-state index is 12.2. The van der Waals surface area contributed by atoms with Crippen molar-refractivity contribution in [1.29, 1.82) is 0 Å². The molecule has 2 N–H and O–H groups in total. The van der Waals surface area contributed by atoms with Gasteiger partial charge < -0.3 is 15.0 Å². The van der Waals surface area contributed by atoms with Crippen molar-refractivity contribution < 1.29 is 9.53 Å². The first-order valence-corrected chi connectivity index (χ1v) is 7.13. The Balaban J connectivity index is 1.80. The Morgan fingerprint density at radius 3 is 2.68 bits per heavy atom. The molecule has 0 spiro atoms. The molecule has 0 aliphatic heterocycles. The molecule has 3 rings (SSSR count). The highest BCUT2D eigenvalue weighted by molar-refractivity contribution is 6.05. The van der Waals surface area contributed by atoms with Crippen molar-refractivity contribution in [1.82, 2.24) is 9.97 Å². The van der Waals surface area contributed by atoms with Gasteiger partial charge in [0.1, 0.15) is 11.6 Å². The molecular weight excluding hydrogens is 278 g/mol. The number of aromatic nitrogens is 2. The molecule has 22 heavy (non-hydrogen) atoms. The summed E-state index contributed by atoms with van der Waals surface area (Å²) in [6.07, 6.45) is 0.849. The van der Waals surface area contributed by atoms with Crippen LogP contribution >= 0.6 is 0 Å². The quantitative estimate of drug-likeness (QED) is 0.775. The number of ether oxygens (including phenoxy) is 1. The second kappa shape index (κ2) is 5.89. The van der Waals surface area contributed by atoms with Crippen molar-refractivity contribution in [3.63, 3.8) is 0 Å². The minimum Gasteiger partial charge on any atom is -0.497 e. The van der Waals surface area contributed by atoms with E-state index in [1.165, 1.54) is 0 Å². The zero-order valence-corrected chi connectivity index (χ0v) is 12.5. The maximum atomic E-state index is 12.2. The third-order valence-corrected chi connectivity index (χ3v) is 3.48. The summed E-state index contributed by atoms with van der Waals surface area (Å²) in [5.41, 5.74) is 3.14. The molecule has 0 fully saturated rings. The Morgan fingerprint density at radius 2 is 2.00 bits per heavy atom. The summed E-state index contributed by atoms with van der Waals surface area (Å²) in [4.78, 5) is 19.9. The van der Waals surface area contributed by atoms with Gasteiger partial charge in [0.2, 0.25) is 0 Å². The predicted octanol–water partition coefficient (Wildman–Crippen LogP) is 3.39. The first kappa shape index (κ1) is 14.1. The van der Waals surface area contributed by atoms with Crippen LogP contribution in [0.4, 0.5) is 5.69 Å². The second-order valence-corrected chi connectivity index (χ2v) is 4.95. The lowest BCUT2D eigenvalue weighted by atomic mass is 10.2. The van der Waals surface area contributed by atoms with Crippen molar-refractivity contribution in [2.45, 2.75) is 13.3 Å². The lowest BCUT2D eigenvalue weighted by molar-refractivity contribution is 0.102. The van der Waals surface area contributed by atoms with Crippen molar-refractivity contribution in [3.8, 4) is 5.75 Å². The van der Waals surface area contributed by atoms with Crippen LogP contribution in [0, 0.1) is 0 Å². The summed E-state index contributed by atoms with van der Waals surface area (Å²) in [5.74, 6) is 1.51. The van der Waals surface area contributed by atoms with Gasteiger partial charge in [-0.15, -0.1) is 0 Å². The number of benzene rings is 2. The van der Waals surface area contributed by atoms with Gasteiger partial charge in [0.25, 0.3) is 5.91 Å². The van der Waals surface area contributed by atoms with E-state index in [9.17, 15) is 4.79 Å². The van der Waals surface area contributed by atoms with Crippen LogP contribution in [0.15, 0.2) is 42.5 Å². The molecule has 0 saturated heterocycles. The average molecular weight is 295 g/mol. The van der Waals surface area contributed by atoms with Gasteiger partial charge in [-0.25, -0.2) is 4.98 Å². The molecule has 1 amide bonds. The highest BCUT2D eigenvalue weighted by Crippen LogP contribution is 2.19. The molecule has 0 saturated carbocycles. The van der Waals surface area contributed by atoms with Crippen molar-refractivity contribution in [2.75, 3.05) is 12.4 Å². The molecule has 5 heteroatoms. The number of methoxy groups -OCH3 is 1. The first-order chi connectivity index (χ1) is 10.7. The standard InChI is InChI=1S/C17H17N3O2/c1-3-16-19-14-9-6-12(10-15(14)20-16)18-17(21)11-4-7-13(22-2)8-5-11/h4-10H,3H2,1-2H3,(H,18,21)(H,19,20). The van der Waals surface area contributed by atoms with Gasteiger partial charge in [0, 0.05) is 17.7 Å². The third-order valence-electron chi connectivity index (χ3n) is 3.48. The van der Waals surface area contributed by atoms with E-state index in [-0.39, 0.29) is 5.91 Å². The van der Waals surface area contributed by atoms with E-state index in [0.717, 1.165) is 34.7 Å². The number of amides is 1. The number of carbonyl (C=O) groups is 1. The van der Waals surface area contributed by atoms with Gasteiger partial charge in [-0.3, -0.25) is 4.79 Å². The summed E-state index contributed by atoms with van der Waals surface area (Å²) in [6.45, 7) is 2.05. The fourth-order valence-corrected chi connectivity index (χ4v) is 2.25. The molecule has 5 nitrogen and oxygen atoms in total. The molecule has 0 aliphatic carbocycles. The molecule has 2 aromatic carbocycles. The molecule has 0 aliphatic rings. The number of aryl methyl sites for hydroxylation is 1. The van der Waals surface area contributed by atoms with Gasteiger partial charge in [-0.2, -0.15) is 0 Å². The monoisotopic (exact) mass is 295 g/mol. The Labute approximate surface area is 128 Å². The number of H-pyrrole nitrogens is 1. The number of hydrogen-bond acceptors (Lipinski definition) is 3. The smallest absolute Gasteiger partial charge is 0.255 e. The van der Waals surface area contributed by atoms with Crippen LogP contribution in [0.25, 0.3) is 11.0 Å². The summed E-state index contributed by atoms with van der Waals surface area (Å²) >= 11 is 0. The predicted molar refractivity (Wildman–Crippen MR) is 86.4 cm³/mol. The van der Waals surface area contributed by atoms with Crippen molar-refractivity contribution in [3.05, 3.63) is 53.9 Å². The van der Waals surface area contributed by atoms with E-state index in [1.54, 1.807) is 31.4 Å². The van der Waals surface area contributed by atoms with E-state index >= 15 is 0 Å². The molecule has 1 aromatic heterocycles. The molecule has 3 aromatic rings. The number of fused-ring (bicyclic) bond motifs is 1. The van der Waals surface area contributed by atoms with Crippen LogP contribution in [-0.2, 0) is 6.42 Å². The van der Waals surface area contributed by atoms with Gasteiger partial charge >= 0.3 is 0 Å². The molecule has 0 atom stereocenters. The zero-order valence-electron chi connectivity index (χ0n) is 12.5.